The largest absolute Gasteiger partial charge is 0.388 e. The maximum atomic E-state index is 10.5. The Labute approximate surface area is 98.5 Å². The summed E-state index contributed by atoms with van der Waals surface area (Å²) < 4.78 is 0. The Kier molecular flexibility index (Phi) is 3.65. The lowest BCUT2D eigenvalue weighted by atomic mass is 9.81. The molecule has 1 aromatic carbocycles. The van der Waals surface area contributed by atoms with E-state index in [0.29, 0.717) is 5.92 Å². The molecule has 1 aliphatic carbocycles. The quantitative estimate of drug-likeness (QED) is 0.797. The second kappa shape index (κ2) is 5.01. The van der Waals surface area contributed by atoms with Crippen molar-refractivity contribution in [2.75, 3.05) is 0 Å². The van der Waals surface area contributed by atoms with E-state index in [-0.39, 0.29) is 6.10 Å². The van der Waals surface area contributed by atoms with Crippen molar-refractivity contribution >= 4 is 0 Å². The lowest BCUT2D eigenvalue weighted by Crippen LogP contribution is -2.17. The molecule has 0 saturated heterocycles. The zero-order valence-electron chi connectivity index (χ0n) is 10.4. The number of benzene rings is 1. The van der Waals surface area contributed by atoms with Crippen LogP contribution in [0, 0.1) is 19.8 Å². The minimum atomic E-state index is -0.250. The predicted octanol–water partition coefficient (Wildman–Crippen LogP) is 3.92. The van der Waals surface area contributed by atoms with E-state index in [1.165, 1.54) is 43.2 Å². The summed E-state index contributed by atoms with van der Waals surface area (Å²) in [6.45, 7) is 4.24. The molecule has 0 amide bonds. The average Bonchev–Trinajstić information content (AvgIpc) is 2.33. The topological polar surface area (TPSA) is 20.2 Å². The van der Waals surface area contributed by atoms with Crippen LogP contribution in [0.15, 0.2) is 18.2 Å². The first-order chi connectivity index (χ1) is 7.70. The van der Waals surface area contributed by atoms with E-state index < -0.39 is 0 Å². The van der Waals surface area contributed by atoms with Crippen molar-refractivity contribution in [3.8, 4) is 0 Å². The van der Waals surface area contributed by atoms with Crippen molar-refractivity contribution in [2.45, 2.75) is 52.1 Å². The van der Waals surface area contributed by atoms with Crippen LogP contribution in [0.3, 0.4) is 0 Å². The Bertz CT molecular complexity index is 350. The molecule has 1 saturated carbocycles. The molecule has 1 nitrogen and oxygen atoms in total. The number of hydrogen-bond acceptors (Lipinski definition) is 1. The second-order valence-electron chi connectivity index (χ2n) is 5.13. The fourth-order valence-corrected chi connectivity index (χ4v) is 2.80. The lowest BCUT2D eigenvalue weighted by molar-refractivity contribution is 0.0842. The molecule has 0 heterocycles. The summed E-state index contributed by atoms with van der Waals surface area (Å²) in [5.74, 6) is 0.481. The van der Waals surface area contributed by atoms with Crippen LogP contribution in [0.4, 0.5) is 0 Å². The molecular formula is C15H22O. The summed E-state index contributed by atoms with van der Waals surface area (Å²) in [5.41, 5.74) is 3.69. The van der Waals surface area contributed by atoms with E-state index in [2.05, 4.69) is 32.0 Å². The van der Waals surface area contributed by atoms with Gasteiger partial charge in [-0.05, 0) is 49.3 Å². The third-order valence-electron chi connectivity index (χ3n) is 4.06. The monoisotopic (exact) mass is 218 g/mol. The van der Waals surface area contributed by atoms with Gasteiger partial charge in [0.15, 0.2) is 0 Å². The molecule has 0 radical (unpaired) electrons. The third-order valence-corrected chi connectivity index (χ3v) is 4.06. The molecule has 2 rings (SSSR count). The van der Waals surface area contributed by atoms with Gasteiger partial charge in [0, 0.05) is 0 Å². The normalized spacial score (nSPS) is 19.7. The predicted molar refractivity (Wildman–Crippen MR) is 67.5 cm³/mol. The van der Waals surface area contributed by atoms with Crippen LogP contribution in [0.25, 0.3) is 0 Å². The fraction of sp³-hybridized carbons (Fsp3) is 0.600. The molecule has 1 aliphatic rings. The van der Waals surface area contributed by atoms with E-state index in [1.807, 2.05) is 0 Å². The average molecular weight is 218 g/mol. The molecule has 0 bridgehead atoms. The van der Waals surface area contributed by atoms with Gasteiger partial charge in [-0.2, -0.15) is 0 Å². The van der Waals surface area contributed by atoms with E-state index in [1.54, 1.807) is 0 Å². The number of aryl methyl sites for hydroxylation is 1. The molecule has 1 unspecified atom stereocenters. The zero-order valence-corrected chi connectivity index (χ0v) is 10.4. The van der Waals surface area contributed by atoms with Gasteiger partial charge < -0.3 is 5.11 Å². The van der Waals surface area contributed by atoms with Gasteiger partial charge in [0.1, 0.15) is 0 Å². The molecule has 1 heteroatoms. The molecule has 1 aromatic rings. The minimum absolute atomic E-state index is 0.250. The number of aliphatic hydroxyl groups is 1. The zero-order chi connectivity index (χ0) is 11.5. The van der Waals surface area contributed by atoms with Crippen LogP contribution in [0.1, 0.15) is 54.9 Å². The Morgan fingerprint density at radius 2 is 1.81 bits per heavy atom. The first-order valence-electron chi connectivity index (χ1n) is 6.44. The van der Waals surface area contributed by atoms with Crippen LogP contribution in [-0.2, 0) is 0 Å². The van der Waals surface area contributed by atoms with Gasteiger partial charge in [0.2, 0.25) is 0 Å². The summed E-state index contributed by atoms with van der Waals surface area (Å²) >= 11 is 0. The van der Waals surface area contributed by atoms with Crippen molar-refractivity contribution < 1.29 is 5.11 Å². The second-order valence-corrected chi connectivity index (χ2v) is 5.13. The van der Waals surface area contributed by atoms with E-state index >= 15 is 0 Å². The molecular weight excluding hydrogens is 196 g/mol. The highest BCUT2D eigenvalue weighted by atomic mass is 16.3. The van der Waals surface area contributed by atoms with Crippen LogP contribution in [0.2, 0.25) is 0 Å². The van der Waals surface area contributed by atoms with Crippen molar-refractivity contribution in [2.24, 2.45) is 5.92 Å². The molecule has 0 spiro atoms. The third kappa shape index (κ3) is 2.30. The number of rotatable bonds is 2. The van der Waals surface area contributed by atoms with Crippen molar-refractivity contribution in [1.29, 1.82) is 0 Å². The summed E-state index contributed by atoms with van der Waals surface area (Å²) in [6, 6.07) is 6.26. The standard InChI is InChI=1S/C15H22O/c1-11-7-6-10-14(12(11)2)15(16)13-8-4-3-5-9-13/h6-7,10,13,15-16H,3-5,8-9H2,1-2H3. The first-order valence-corrected chi connectivity index (χ1v) is 6.44. The van der Waals surface area contributed by atoms with Gasteiger partial charge in [-0.3, -0.25) is 0 Å². The minimum Gasteiger partial charge on any atom is -0.388 e. The van der Waals surface area contributed by atoms with Gasteiger partial charge in [0.25, 0.3) is 0 Å². The van der Waals surface area contributed by atoms with Crippen LogP contribution in [0.5, 0.6) is 0 Å². The van der Waals surface area contributed by atoms with Crippen LogP contribution < -0.4 is 0 Å². The maximum Gasteiger partial charge on any atom is 0.0820 e. The van der Waals surface area contributed by atoms with Crippen LogP contribution in [-0.4, -0.2) is 5.11 Å². The van der Waals surface area contributed by atoms with Gasteiger partial charge in [-0.15, -0.1) is 0 Å². The SMILES string of the molecule is Cc1cccc(C(O)C2CCCCC2)c1C. The number of hydrogen-bond donors (Lipinski definition) is 1. The molecule has 1 N–H and O–H groups in total. The van der Waals surface area contributed by atoms with Gasteiger partial charge in [0.05, 0.1) is 6.10 Å². The van der Waals surface area contributed by atoms with E-state index in [4.69, 9.17) is 0 Å². The van der Waals surface area contributed by atoms with Crippen LogP contribution >= 0.6 is 0 Å². The van der Waals surface area contributed by atoms with Crippen molar-refractivity contribution in [3.63, 3.8) is 0 Å². The van der Waals surface area contributed by atoms with E-state index in [0.717, 1.165) is 5.56 Å². The van der Waals surface area contributed by atoms with Crippen molar-refractivity contribution in [1.82, 2.24) is 0 Å². The fourth-order valence-electron chi connectivity index (χ4n) is 2.80. The van der Waals surface area contributed by atoms with Gasteiger partial charge in [-0.1, -0.05) is 37.5 Å². The van der Waals surface area contributed by atoms with Gasteiger partial charge >= 0.3 is 0 Å². The summed E-state index contributed by atoms with van der Waals surface area (Å²) in [5, 5.41) is 10.5. The Morgan fingerprint density at radius 1 is 1.12 bits per heavy atom. The molecule has 0 aliphatic heterocycles. The molecule has 88 valence electrons. The lowest BCUT2D eigenvalue weighted by Gasteiger charge is -2.28. The summed E-state index contributed by atoms with van der Waals surface area (Å²) in [6.07, 6.45) is 6.04. The Balaban J connectivity index is 2.19. The highest BCUT2D eigenvalue weighted by molar-refractivity contribution is 5.34. The molecule has 16 heavy (non-hydrogen) atoms. The maximum absolute atomic E-state index is 10.5. The summed E-state index contributed by atoms with van der Waals surface area (Å²) in [4.78, 5) is 0. The van der Waals surface area contributed by atoms with Gasteiger partial charge in [-0.25, -0.2) is 0 Å². The molecule has 0 aromatic heterocycles. The summed E-state index contributed by atoms with van der Waals surface area (Å²) in [7, 11) is 0. The highest BCUT2D eigenvalue weighted by Gasteiger charge is 2.24. The smallest absolute Gasteiger partial charge is 0.0820 e. The number of aliphatic hydroxyl groups excluding tert-OH is 1. The Hall–Kier alpha value is -0.820. The molecule has 1 fully saturated rings. The van der Waals surface area contributed by atoms with E-state index in [9.17, 15) is 5.11 Å². The molecule has 1 atom stereocenters. The first kappa shape index (κ1) is 11.7. The highest BCUT2D eigenvalue weighted by Crippen LogP contribution is 2.35. The Morgan fingerprint density at radius 3 is 2.50 bits per heavy atom. The van der Waals surface area contributed by atoms with Crippen molar-refractivity contribution in [3.05, 3.63) is 34.9 Å².